The van der Waals surface area contributed by atoms with E-state index in [-0.39, 0.29) is 41.3 Å². The standard InChI is InChI=1S/C10H12O3.Na/c1-2-7-13-10(12)8-3-5-9(11)6-4-8;/h3-5H,2,6-7H2,1H3;. The number of allylic oxidation sites excluding steroid dienone is 2. The molecule has 0 spiro atoms. The molecule has 1 aliphatic rings. The summed E-state index contributed by atoms with van der Waals surface area (Å²) in [6, 6.07) is 0. The summed E-state index contributed by atoms with van der Waals surface area (Å²) in [7, 11) is 0. The first-order chi connectivity index (χ1) is 6.24. The molecule has 0 N–H and O–H groups in total. The van der Waals surface area contributed by atoms with E-state index >= 15 is 0 Å². The molecule has 0 saturated carbocycles. The van der Waals surface area contributed by atoms with Gasteiger partial charge in [0.15, 0.2) is 5.78 Å². The van der Waals surface area contributed by atoms with Crippen molar-refractivity contribution in [3.63, 3.8) is 0 Å². The maximum absolute atomic E-state index is 11.2. The number of esters is 1. The van der Waals surface area contributed by atoms with Gasteiger partial charge in [-0.05, 0) is 18.6 Å². The molecule has 14 heavy (non-hydrogen) atoms. The number of rotatable bonds is 3. The van der Waals surface area contributed by atoms with Gasteiger partial charge >= 0.3 is 5.97 Å². The molecule has 0 bridgehead atoms. The van der Waals surface area contributed by atoms with Gasteiger partial charge < -0.3 is 4.74 Å². The van der Waals surface area contributed by atoms with Crippen LogP contribution in [0.3, 0.4) is 0 Å². The van der Waals surface area contributed by atoms with Crippen LogP contribution in [0.5, 0.6) is 0 Å². The first-order valence-electron chi connectivity index (χ1n) is 4.32. The Morgan fingerprint density at radius 2 is 2.21 bits per heavy atom. The second-order valence-electron chi connectivity index (χ2n) is 2.80. The largest absolute Gasteiger partial charge is 0.462 e. The Morgan fingerprint density at radius 1 is 1.50 bits per heavy atom. The fourth-order valence-corrected chi connectivity index (χ4v) is 0.959. The fraction of sp³-hybridized carbons (Fsp3) is 0.400. The van der Waals surface area contributed by atoms with Gasteiger partial charge in [-0.3, -0.25) is 4.79 Å². The van der Waals surface area contributed by atoms with Crippen molar-refractivity contribution in [2.24, 2.45) is 0 Å². The van der Waals surface area contributed by atoms with Crippen molar-refractivity contribution in [2.75, 3.05) is 6.61 Å². The fourth-order valence-electron chi connectivity index (χ4n) is 0.959. The molecular weight excluding hydrogens is 191 g/mol. The summed E-state index contributed by atoms with van der Waals surface area (Å²) in [5.74, 6) is -0.322. The molecule has 0 saturated heterocycles. The number of ether oxygens (including phenoxy) is 1. The third-order valence-corrected chi connectivity index (χ3v) is 1.64. The number of ketones is 1. The summed E-state index contributed by atoms with van der Waals surface area (Å²) >= 11 is 0. The molecule has 0 unspecified atom stereocenters. The maximum Gasteiger partial charge on any atom is 0.337 e. The molecule has 0 aromatic heterocycles. The number of carbonyl (C=O) groups is 2. The van der Waals surface area contributed by atoms with Crippen LogP contribution in [-0.2, 0) is 14.3 Å². The molecule has 4 heteroatoms. The van der Waals surface area contributed by atoms with Crippen LogP contribution in [0.25, 0.3) is 0 Å². The summed E-state index contributed by atoms with van der Waals surface area (Å²) in [6.07, 6.45) is 5.61. The minimum Gasteiger partial charge on any atom is -0.462 e. The molecular formula is C10H12NaO3. The summed E-state index contributed by atoms with van der Waals surface area (Å²) in [5, 5.41) is 0. The van der Waals surface area contributed by atoms with Crippen molar-refractivity contribution in [3.8, 4) is 0 Å². The summed E-state index contributed by atoms with van der Waals surface area (Å²) in [6.45, 7) is 2.36. The van der Waals surface area contributed by atoms with E-state index < -0.39 is 0 Å². The second kappa shape index (κ2) is 6.98. The minimum atomic E-state index is -0.342. The zero-order valence-electron chi connectivity index (χ0n) is 8.58. The average molecular weight is 203 g/mol. The van der Waals surface area contributed by atoms with Crippen LogP contribution in [-0.4, -0.2) is 47.9 Å². The van der Waals surface area contributed by atoms with Gasteiger partial charge in [-0.15, -0.1) is 0 Å². The first-order valence-corrected chi connectivity index (χ1v) is 4.32. The van der Waals surface area contributed by atoms with Crippen LogP contribution in [0.2, 0.25) is 0 Å². The molecule has 71 valence electrons. The van der Waals surface area contributed by atoms with E-state index in [2.05, 4.69) is 0 Å². The summed E-state index contributed by atoms with van der Waals surface area (Å²) < 4.78 is 4.90. The van der Waals surface area contributed by atoms with E-state index in [9.17, 15) is 9.59 Å². The zero-order valence-corrected chi connectivity index (χ0v) is 10.6. The molecule has 3 nitrogen and oxygen atoms in total. The van der Waals surface area contributed by atoms with Crippen LogP contribution >= 0.6 is 0 Å². The van der Waals surface area contributed by atoms with E-state index in [0.29, 0.717) is 18.6 Å². The van der Waals surface area contributed by atoms with Crippen molar-refractivity contribution in [1.29, 1.82) is 0 Å². The average Bonchev–Trinajstić information content (AvgIpc) is 2.15. The number of hydrogen-bond donors (Lipinski definition) is 0. The van der Waals surface area contributed by atoms with Crippen molar-refractivity contribution in [1.82, 2.24) is 0 Å². The van der Waals surface area contributed by atoms with Gasteiger partial charge in [-0.1, -0.05) is 13.0 Å². The zero-order chi connectivity index (χ0) is 9.68. The predicted octanol–water partition coefficient (Wildman–Crippen LogP) is 1.01. The van der Waals surface area contributed by atoms with Gasteiger partial charge in [0.05, 0.1) is 12.2 Å². The SMILES string of the molecule is CCCOC(=O)C1=CCC(=O)C=C1.[Na]. The molecule has 1 rings (SSSR count). The van der Waals surface area contributed by atoms with Gasteiger partial charge in [-0.2, -0.15) is 0 Å². The quantitative estimate of drug-likeness (QED) is 0.508. The van der Waals surface area contributed by atoms with Crippen molar-refractivity contribution >= 4 is 41.3 Å². The Bertz CT molecular complexity index is 279. The van der Waals surface area contributed by atoms with Crippen LogP contribution in [0.1, 0.15) is 19.8 Å². The first kappa shape index (κ1) is 13.6. The van der Waals surface area contributed by atoms with E-state index in [0.717, 1.165) is 6.42 Å². The Balaban J connectivity index is 0.00000169. The molecule has 0 amide bonds. The monoisotopic (exact) mass is 203 g/mol. The molecule has 1 radical (unpaired) electrons. The molecule has 0 fully saturated rings. The van der Waals surface area contributed by atoms with E-state index in [1.54, 1.807) is 6.08 Å². The predicted molar refractivity (Wildman–Crippen MR) is 53.9 cm³/mol. The Hall–Kier alpha value is -0.380. The van der Waals surface area contributed by atoms with E-state index in [1.165, 1.54) is 12.2 Å². The van der Waals surface area contributed by atoms with Gasteiger partial charge in [0.2, 0.25) is 0 Å². The normalized spacial score (nSPS) is 14.4. The van der Waals surface area contributed by atoms with E-state index in [4.69, 9.17) is 4.74 Å². The molecule has 0 aromatic rings. The van der Waals surface area contributed by atoms with Crippen LogP contribution in [0, 0.1) is 0 Å². The van der Waals surface area contributed by atoms with Gasteiger partial charge in [0.25, 0.3) is 0 Å². The Labute approximate surface area is 105 Å². The summed E-state index contributed by atoms with van der Waals surface area (Å²) in [4.78, 5) is 22.0. The molecule has 0 aromatic carbocycles. The Morgan fingerprint density at radius 3 is 2.71 bits per heavy atom. The van der Waals surface area contributed by atoms with Crippen molar-refractivity contribution < 1.29 is 14.3 Å². The van der Waals surface area contributed by atoms with Crippen LogP contribution in [0.4, 0.5) is 0 Å². The molecule has 0 atom stereocenters. The third-order valence-electron chi connectivity index (χ3n) is 1.64. The van der Waals surface area contributed by atoms with Crippen LogP contribution in [0.15, 0.2) is 23.8 Å². The molecule has 0 aliphatic heterocycles. The molecule has 1 aliphatic carbocycles. The minimum absolute atomic E-state index is 0. The van der Waals surface area contributed by atoms with Gasteiger partial charge in [-0.25, -0.2) is 4.79 Å². The molecule has 0 heterocycles. The number of hydrogen-bond acceptors (Lipinski definition) is 3. The van der Waals surface area contributed by atoms with Crippen molar-refractivity contribution in [2.45, 2.75) is 19.8 Å². The Kier molecular flexibility index (Phi) is 6.79. The van der Waals surface area contributed by atoms with Gasteiger partial charge in [0, 0.05) is 36.0 Å². The maximum atomic E-state index is 11.2. The third kappa shape index (κ3) is 4.22. The second-order valence-corrected chi connectivity index (χ2v) is 2.80. The number of carbonyl (C=O) groups excluding carboxylic acids is 2. The van der Waals surface area contributed by atoms with Crippen LogP contribution < -0.4 is 0 Å². The van der Waals surface area contributed by atoms with E-state index in [1.807, 2.05) is 6.92 Å². The summed E-state index contributed by atoms with van der Waals surface area (Å²) in [5.41, 5.74) is 0.480. The van der Waals surface area contributed by atoms with Crippen molar-refractivity contribution in [3.05, 3.63) is 23.8 Å². The van der Waals surface area contributed by atoms with Gasteiger partial charge in [0.1, 0.15) is 0 Å². The smallest absolute Gasteiger partial charge is 0.337 e. The topological polar surface area (TPSA) is 43.4 Å².